The smallest absolute Gasteiger partial charge is 0.111 e. The number of fused-ring (bicyclic) bond motifs is 1. The van der Waals surface area contributed by atoms with Crippen molar-refractivity contribution in [2.45, 2.75) is 82.7 Å². The molecule has 4 rings (SSSR count). The summed E-state index contributed by atoms with van der Waals surface area (Å²) in [4.78, 5) is 7.55. The number of nitrogens with zero attached hydrogens (tertiary/aromatic N) is 3. The molecule has 0 amide bonds. The first kappa shape index (κ1) is 14.7. The van der Waals surface area contributed by atoms with Crippen LogP contribution in [0.1, 0.15) is 76.0 Å². The lowest BCUT2D eigenvalue weighted by Crippen LogP contribution is -2.49. The van der Waals surface area contributed by atoms with Crippen molar-refractivity contribution in [2.24, 2.45) is 5.92 Å². The van der Waals surface area contributed by atoms with Crippen LogP contribution in [0.2, 0.25) is 0 Å². The first-order valence-corrected chi connectivity index (χ1v) is 9.67. The second-order valence-electron chi connectivity index (χ2n) is 7.77. The van der Waals surface area contributed by atoms with Crippen molar-refractivity contribution in [3.63, 3.8) is 0 Å². The minimum Gasteiger partial charge on any atom is -0.334 e. The molecule has 2 aliphatic heterocycles. The van der Waals surface area contributed by atoms with Crippen molar-refractivity contribution in [1.82, 2.24) is 14.5 Å². The fraction of sp³-hybridized carbons (Fsp3) is 0.842. The molecule has 0 spiro atoms. The zero-order chi connectivity index (χ0) is 14.8. The van der Waals surface area contributed by atoms with Crippen molar-refractivity contribution in [2.75, 3.05) is 13.1 Å². The molecule has 0 aromatic carbocycles. The topological polar surface area (TPSA) is 21.1 Å². The van der Waals surface area contributed by atoms with E-state index in [4.69, 9.17) is 4.98 Å². The van der Waals surface area contributed by atoms with Crippen molar-refractivity contribution in [3.05, 3.63) is 18.2 Å². The summed E-state index contributed by atoms with van der Waals surface area (Å²) in [7, 11) is 0. The Morgan fingerprint density at radius 3 is 2.64 bits per heavy atom. The number of piperidine rings is 2. The average Bonchev–Trinajstić information content (AvgIpc) is 3.04. The molecule has 1 aliphatic carbocycles. The van der Waals surface area contributed by atoms with E-state index in [2.05, 4.69) is 15.7 Å². The van der Waals surface area contributed by atoms with Gasteiger partial charge in [0.05, 0.1) is 0 Å². The van der Waals surface area contributed by atoms with Crippen LogP contribution in [0.3, 0.4) is 0 Å². The maximum atomic E-state index is 4.76. The Morgan fingerprint density at radius 2 is 1.73 bits per heavy atom. The summed E-state index contributed by atoms with van der Waals surface area (Å²) >= 11 is 0. The third-order valence-corrected chi connectivity index (χ3v) is 6.38. The molecule has 22 heavy (non-hydrogen) atoms. The van der Waals surface area contributed by atoms with Crippen LogP contribution in [0.5, 0.6) is 0 Å². The molecule has 0 unspecified atom stereocenters. The maximum absolute atomic E-state index is 4.76. The van der Waals surface area contributed by atoms with Gasteiger partial charge in [0.2, 0.25) is 0 Å². The lowest BCUT2D eigenvalue weighted by molar-refractivity contribution is 0.0513. The fourth-order valence-corrected chi connectivity index (χ4v) is 5.24. The number of hydrogen-bond donors (Lipinski definition) is 0. The highest BCUT2D eigenvalue weighted by Gasteiger charge is 2.33. The number of aromatic nitrogens is 2. The van der Waals surface area contributed by atoms with Gasteiger partial charge in [-0.2, -0.15) is 0 Å². The molecule has 0 bridgehead atoms. The Bertz CT molecular complexity index is 473. The minimum atomic E-state index is 0.731. The quantitative estimate of drug-likeness (QED) is 0.834. The SMILES string of the molecule is c1cn(C[C@@H]2CCCN3CCCC[C@H]23)c(C2CCCCC2)n1. The molecule has 1 aromatic rings. The lowest BCUT2D eigenvalue weighted by Gasteiger charge is -2.44. The highest BCUT2D eigenvalue weighted by molar-refractivity contribution is 5.03. The summed E-state index contributed by atoms with van der Waals surface area (Å²) in [6.07, 6.45) is 18.4. The molecule has 2 atom stereocenters. The third-order valence-electron chi connectivity index (χ3n) is 6.38. The zero-order valence-corrected chi connectivity index (χ0v) is 13.9. The van der Waals surface area contributed by atoms with Crippen LogP contribution >= 0.6 is 0 Å². The van der Waals surface area contributed by atoms with E-state index in [0.29, 0.717) is 0 Å². The molecule has 122 valence electrons. The fourth-order valence-electron chi connectivity index (χ4n) is 5.24. The molecule has 2 saturated heterocycles. The lowest BCUT2D eigenvalue weighted by atomic mass is 9.83. The van der Waals surface area contributed by atoms with Gasteiger partial charge in [0.15, 0.2) is 0 Å². The summed E-state index contributed by atoms with van der Waals surface area (Å²) in [6, 6.07) is 0.851. The molecule has 3 aliphatic rings. The summed E-state index contributed by atoms with van der Waals surface area (Å²) in [5.74, 6) is 2.98. The second kappa shape index (κ2) is 6.74. The average molecular weight is 301 g/mol. The van der Waals surface area contributed by atoms with Crippen LogP contribution in [0, 0.1) is 5.92 Å². The Kier molecular flexibility index (Phi) is 4.51. The molecular weight excluding hydrogens is 270 g/mol. The normalized spacial score (nSPS) is 31.1. The standard InChI is InChI=1S/C19H31N3/c1-2-7-16(8-3-1)19-20-11-14-22(19)15-17-9-6-13-21-12-5-4-10-18(17)21/h11,14,16-18H,1-10,12-13,15H2/t17-,18+/m0/s1. The number of imidazole rings is 1. The maximum Gasteiger partial charge on any atom is 0.111 e. The zero-order valence-electron chi connectivity index (χ0n) is 13.9. The molecule has 0 radical (unpaired) electrons. The highest BCUT2D eigenvalue weighted by atomic mass is 15.2. The van der Waals surface area contributed by atoms with Gasteiger partial charge < -0.3 is 9.47 Å². The van der Waals surface area contributed by atoms with Gasteiger partial charge in [0, 0.05) is 30.9 Å². The summed E-state index contributed by atoms with van der Waals surface area (Å²) in [5.41, 5.74) is 0. The molecule has 3 heteroatoms. The summed E-state index contributed by atoms with van der Waals surface area (Å²) < 4.78 is 2.53. The first-order valence-electron chi connectivity index (χ1n) is 9.67. The van der Waals surface area contributed by atoms with Crippen LogP contribution < -0.4 is 0 Å². The van der Waals surface area contributed by atoms with E-state index >= 15 is 0 Å². The van der Waals surface area contributed by atoms with Crippen molar-refractivity contribution in [3.8, 4) is 0 Å². The molecule has 3 nitrogen and oxygen atoms in total. The molecule has 3 heterocycles. The highest BCUT2D eigenvalue weighted by Crippen LogP contribution is 2.35. The predicted molar refractivity (Wildman–Crippen MR) is 90.0 cm³/mol. The van der Waals surface area contributed by atoms with E-state index in [-0.39, 0.29) is 0 Å². The van der Waals surface area contributed by atoms with Crippen LogP contribution in [-0.2, 0) is 6.54 Å². The molecule has 1 saturated carbocycles. The Morgan fingerprint density at radius 1 is 0.909 bits per heavy atom. The van der Waals surface area contributed by atoms with Gasteiger partial charge in [0.1, 0.15) is 5.82 Å². The van der Waals surface area contributed by atoms with E-state index < -0.39 is 0 Å². The van der Waals surface area contributed by atoms with Gasteiger partial charge in [-0.3, -0.25) is 0 Å². The van der Waals surface area contributed by atoms with Crippen molar-refractivity contribution < 1.29 is 0 Å². The molecule has 3 fully saturated rings. The van der Waals surface area contributed by atoms with Gasteiger partial charge >= 0.3 is 0 Å². The van der Waals surface area contributed by atoms with E-state index in [1.807, 2.05) is 6.20 Å². The Hall–Kier alpha value is -0.830. The van der Waals surface area contributed by atoms with Gasteiger partial charge in [-0.1, -0.05) is 25.7 Å². The van der Waals surface area contributed by atoms with Crippen LogP contribution in [0.4, 0.5) is 0 Å². The molecule has 1 aromatic heterocycles. The first-order chi connectivity index (χ1) is 10.9. The van der Waals surface area contributed by atoms with Crippen LogP contribution in [0.25, 0.3) is 0 Å². The second-order valence-corrected chi connectivity index (χ2v) is 7.77. The third kappa shape index (κ3) is 2.97. The van der Waals surface area contributed by atoms with Gasteiger partial charge in [-0.15, -0.1) is 0 Å². The molecule has 0 N–H and O–H groups in total. The minimum absolute atomic E-state index is 0.731. The Labute approximate surface area is 135 Å². The van der Waals surface area contributed by atoms with Crippen LogP contribution in [-0.4, -0.2) is 33.6 Å². The van der Waals surface area contributed by atoms with Crippen molar-refractivity contribution in [1.29, 1.82) is 0 Å². The molecular formula is C19H31N3. The van der Waals surface area contributed by atoms with Crippen molar-refractivity contribution >= 4 is 0 Å². The van der Waals surface area contributed by atoms with Gasteiger partial charge in [-0.05, 0) is 57.5 Å². The summed E-state index contributed by atoms with van der Waals surface area (Å²) in [5, 5.41) is 0. The number of rotatable bonds is 3. The van der Waals surface area contributed by atoms with E-state index in [0.717, 1.165) is 17.9 Å². The van der Waals surface area contributed by atoms with Gasteiger partial charge in [0.25, 0.3) is 0 Å². The Balaban J connectivity index is 1.47. The monoisotopic (exact) mass is 301 g/mol. The van der Waals surface area contributed by atoms with E-state index in [9.17, 15) is 0 Å². The largest absolute Gasteiger partial charge is 0.334 e. The van der Waals surface area contributed by atoms with E-state index in [1.165, 1.54) is 89.7 Å². The number of hydrogen-bond acceptors (Lipinski definition) is 2. The van der Waals surface area contributed by atoms with Crippen LogP contribution in [0.15, 0.2) is 12.4 Å². The summed E-state index contributed by atoms with van der Waals surface area (Å²) in [6.45, 7) is 3.91. The van der Waals surface area contributed by atoms with Gasteiger partial charge in [-0.25, -0.2) is 4.98 Å². The predicted octanol–water partition coefficient (Wildman–Crippen LogP) is 4.20. The van der Waals surface area contributed by atoms with E-state index in [1.54, 1.807) is 0 Å².